The molecule has 0 N–H and O–H groups in total. The highest BCUT2D eigenvalue weighted by atomic mass is 32.1. The average molecular weight is 1970 g/mol. The summed E-state index contributed by atoms with van der Waals surface area (Å²) >= 11 is 5.48. The zero-order valence-electron chi connectivity index (χ0n) is 81.0. The summed E-state index contributed by atoms with van der Waals surface area (Å²) in [7, 11) is 0. The summed E-state index contributed by atoms with van der Waals surface area (Å²) in [6.45, 7) is 0. The zero-order chi connectivity index (χ0) is 99.1. The number of hydrogen-bond acceptors (Lipinski definition) is 9. The van der Waals surface area contributed by atoms with Crippen molar-refractivity contribution in [3.63, 3.8) is 0 Å². The molecule has 0 bridgehead atoms. The lowest BCUT2D eigenvalue weighted by Crippen LogP contribution is -1.96. The van der Waals surface area contributed by atoms with Gasteiger partial charge in [0.2, 0.25) is 0 Å². The molecule has 12 heteroatoms. The van der Waals surface area contributed by atoms with E-state index in [1.165, 1.54) is 131 Å². The van der Waals surface area contributed by atoms with Gasteiger partial charge in [-0.25, -0.2) is 29.9 Å². The normalized spacial score (nSPS) is 11.6. The highest BCUT2D eigenvalue weighted by molar-refractivity contribution is 7.26. The summed E-state index contributed by atoms with van der Waals surface area (Å²) in [4.78, 5) is 31.1. The molecule has 0 aliphatic carbocycles. The second-order valence-corrected chi connectivity index (χ2v) is 41.1. The van der Waals surface area contributed by atoms with Crippen LogP contribution in [0, 0.1) is 0 Å². The fraction of sp³-hybridized carbons (Fsp3) is 0. The van der Waals surface area contributed by atoms with Gasteiger partial charge in [-0.3, -0.25) is 0 Å². The lowest BCUT2D eigenvalue weighted by Gasteiger charge is -2.11. The second kappa shape index (κ2) is 37.8. The molecule has 0 spiro atoms. The van der Waals surface area contributed by atoms with Gasteiger partial charge < -0.3 is 13.7 Å². The molecule has 0 fully saturated rings. The average Bonchev–Trinajstić information content (AvgIpc) is 1.57. The Labute approximate surface area is 876 Å². The van der Waals surface area contributed by atoms with Gasteiger partial charge in [0, 0.05) is 160 Å². The lowest BCUT2D eigenvalue weighted by atomic mass is 9.97. The van der Waals surface area contributed by atoms with Gasteiger partial charge in [0.25, 0.3) is 0 Å². The maximum atomic E-state index is 5.24. The number of aromatic nitrogens is 9. The molecule has 0 amide bonds. The van der Waals surface area contributed by atoms with Crippen molar-refractivity contribution in [3.8, 4) is 152 Å². The molecule has 9 nitrogen and oxygen atoms in total. The molecule has 0 aliphatic heterocycles. The quantitative estimate of drug-likeness (QED) is 0.102. The number of nitrogens with zero attached hydrogens (tertiary/aromatic N) is 9. The molecule has 0 atom stereocenters. The van der Waals surface area contributed by atoms with E-state index in [0.717, 1.165) is 129 Å². The zero-order valence-corrected chi connectivity index (χ0v) is 83.4. The van der Waals surface area contributed by atoms with Crippen LogP contribution >= 0.6 is 34.0 Å². The van der Waals surface area contributed by atoms with E-state index in [9.17, 15) is 0 Å². The number of rotatable bonds is 15. The molecule has 21 aromatic carbocycles. The van der Waals surface area contributed by atoms with Crippen molar-refractivity contribution in [1.29, 1.82) is 0 Å². The minimum absolute atomic E-state index is 0.707. The molecule has 30 rings (SSSR count). The molecule has 0 saturated carbocycles. The minimum Gasteiger partial charge on any atom is -0.309 e. The van der Waals surface area contributed by atoms with Crippen molar-refractivity contribution < 1.29 is 0 Å². The monoisotopic (exact) mass is 1970 g/mol. The highest BCUT2D eigenvalue weighted by Crippen LogP contribution is 2.47. The van der Waals surface area contributed by atoms with Gasteiger partial charge in [0.05, 0.1) is 67.3 Å². The van der Waals surface area contributed by atoms with Crippen molar-refractivity contribution in [2.45, 2.75) is 0 Å². The van der Waals surface area contributed by atoms with Crippen molar-refractivity contribution in [2.24, 2.45) is 0 Å². The van der Waals surface area contributed by atoms with Crippen LogP contribution in [0.2, 0.25) is 0 Å². The fourth-order valence-corrected chi connectivity index (χ4v) is 25.2. The molecule has 9 aromatic heterocycles. The summed E-state index contributed by atoms with van der Waals surface area (Å²) < 4.78 is 14.8. The number of benzene rings is 21. The van der Waals surface area contributed by atoms with E-state index in [2.05, 4.69) is 523 Å². The van der Waals surface area contributed by atoms with E-state index in [1.807, 2.05) is 52.2 Å². The van der Waals surface area contributed by atoms with E-state index in [4.69, 9.17) is 29.9 Å². The standard InChI is InChI=1S/3C46H29N3S/c1-3-13-30(14-4-1)39-29-40(32-25-26-37-36-19-8-10-24-43(36)50-44(37)28-32)48-46(47-39)33-16-11-15-31(27-33)35-21-12-23-42-45(35)38-20-7-9-22-41(38)49(42)34-17-5-2-6-18-34;1-3-12-30(13-4-1)40-29-41(33-22-24-38-37-19-8-10-21-44(37)50-45(38)28-33)48-46(47-40)34-15-11-14-31(26-34)32-23-25-43-39(27-32)36-18-7-9-20-42(36)49(43)35-16-5-2-6-17-35;1-3-12-30(13-4-1)40-29-41(33-23-25-39-38-19-8-10-21-44(38)50-45(39)28-33)48-46(47-40)34-15-11-14-31(26-34)32-22-24-37-36-18-7-9-20-42(36)49(43(37)27-32)35-16-5-2-6-17-35/h3*1-29H. The molecule has 0 aliphatic rings. The van der Waals surface area contributed by atoms with E-state index in [-0.39, 0.29) is 0 Å². The number of thiophene rings is 3. The van der Waals surface area contributed by atoms with Crippen LogP contribution in [0.5, 0.6) is 0 Å². The Balaban J connectivity index is 0.000000108. The summed E-state index contributed by atoms with van der Waals surface area (Å²) in [5.41, 5.74) is 32.3. The summed E-state index contributed by atoms with van der Waals surface area (Å²) in [6.07, 6.45) is 0. The predicted molar refractivity (Wildman–Crippen MR) is 633 cm³/mol. The van der Waals surface area contributed by atoms with Crippen molar-refractivity contribution >= 4 is 160 Å². The third-order valence-electron chi connectivity index (χ3n) is 28.8. The molecule has 9 heterocycles. The second-order valence-electron chi connectivity index (χ2n) is 37.9. The first kappa shape index (κ1) is 88.6. The van der Waals surface area contributed by atoms with E-state index >= 15 is 0 Å². The number of hydrogen-bond donors (Lipinski definition) is 0. The summed E-state index contributed by atoms with van der Waals surface area (Å²) in [5.74, 6) is 2.12. The van der Waals surface area contributed by atoms with Gasteiger partial charge in [0.15, 0.2) is 17.5 Å². The topological polar surface area (TPSA) is 92.1 Å². The fourth-order valence-electron chi connectivity index (χ4n) is 21.7. The van der Waals surface area contributed by atoms with Crippen LogP contribution in [0.25, 0.3) is 278 Å². The maximum absolute atomic E-state index is 5.24. The third kappa shape index (κ3) is 16.3. The highest BCUT2D eigenvalue weighted by Gasteiger charge is 2.24. The van der Waals surface area contributed by atoms with Gasteiger partial charge in [-0.05, 0) is 185 Å². The van der Waals surface area contributed by atoms with Crippen LogP contribution in [-0.2, 0) is 0 Å². The van der Waals surface area contributed by atoms with Crippen LogP contribution in [0.1, 0.15) is 0 Å². The van der Waals surface area contributed by atoms with E-state index in [1.54, 1.807) is 0 Å². The van der Waals surface area contributed by atoms with Crippen molar-refractivity contribution in [2.75, 3.05) is 0 Å². The first-order valence-electron chi connectivity index (χ1n) is 50.5. The summed E-state index contributed by atoms with van der Waals surface area (Å²) in [6, 6.07) is 188. The molecule has 702 valence electrons. The van der Waals surface area contributed by atoms with Crippen molar-refractivity contribution in [3.05, 3.63) is 528 Å². The molecule has 150 heavy (non-hydrogen) atoms. The Morgan fingerprint density at radius 3 is 0.820 bits per heavy atom. The van der Waals surface area contributed by atoms with Crippen LogP contribution < -0.4 is 0 Å². The first-order valence-corrected chi connectivity index (χ1v) is 52.9. The van der Waals surface area contributed by atoms with Crippen LogP contribution in [0.3, 0.4) is 0 Å². The number of fused-ring (bicyclic) bond motifs is 18. The maximum Gasteiger partial charge on any atom is 0.160 e. The van der Waals surface area contributed by atoms with Crippen LogP contribution in [0.15, 0.2) is 528 Å². The molecular formula is C138H87N9S3. The largest absolute Gasteiger partial charge is 0.309 e. The first-order chi connectivity index (χ1) is 74.3. The van der Waals surface area contributed by atoms with Gasteiger partial charge in [-0.2, -0.15) is 0 Å². The summed E-state index contributed by atoms with van der Waals surface area (Å²) in [5, 5.41) is 15.2. The lowest BCUT2D eigenvalue weighted by molar-refractivity contribution is 1.18. The van der Waals surface area contributed by atoms with Gasteiger partial charge in [-0.1, -0.05) is 376 Å². The van der Waals surface area contributed by atoms with Crippen LogP contribution in [0.4, 0.5) is 0 Å². The van der Waals surface area contributed by atoms with Crippen LogP contribution in [-0.4, -0.2) is 43.6 Å². The van der Waals surface area contributed by atoms with Gasteiger partial charge >= 0.3 is 0 Å². The van der Waals surface area contributed by atoms with E-state index < -0.39 is 0 Å². The smallest absolute Gasteiger partial charge is 0.160 e. The molecular weight excluding hydrogens is 1880 g/mol. The molecule has 0 saturated heterocycles. The SMILES string of the molecule is c1ccc(-c2cc(-c3ccc4c(c3)sc3ccccc34)nc(-c3cccc(-c4ccc5c(c4)c4ccccc4n5-c4ccccc4)c3)n2)cc1.c1ccc(-c2cc(-c3ccc4c(c3)sc3ccccc34)nc(-c3cccc(-c4ccc5c6ccccc6n(-c6ccccc6)c5c4)c3)n2)cc1.c1ccc(-c2cc(-c3ccc4c(c3)sc3ccccc34)nc(-c3cccc(-c4cccc5c4c4ccccc4n5-c4ccccc4)c3)n2)cc1. The Morgan fingerprint density at radius 2 is 0.393 bits per heavy atom. The Morgan fingerprint density at radius 1 is 0.133 bits per heavy atom. The predicted octanol–water partition coefficient (Wildman–Crippen LogP) is 37.8. The van der Waals surface area contributed by atoms with Gasteiger partial charge in [0.1, 0.15) is 0 Å². The Bertz CT molecular complexity index is 10400. The van der Waals surface area contributed by atoms with Gasteiger partial charge in [-0.15, -0.1) is 34.0 Å². The number of para-hydroxylation sites is 6. The van der Waals surface area contributed by atoms with E-state index in [0.29, 0.717) is 17.5 Å². The Hall–Kier alpha value is -19.1. The Kier molecular flexibility index (Phi) is 22.3. The molecule has 0 radical (unpaired) electrons. The molecule has 30 aromatic rings. The van der Waals surface area contributed by atoms with Crippen molar-refractivity contribution in [1.82, 2.24) is 43.6 Å². The minimum atomic E-state index is 0.707. The molecule has 0 unspecified atom stereocenters. The third-order valence-corrected chi connectivity index (χ3v) is 32.2.